The quantitative estimate of drug-likeness (QED) is 0.893. The molecule has 2 unspecified atom stereocenters. The molecule has 1 aliphatic rings. The highest BCUT2D eigenvalue weighted by Crippen LogP contribution is 2.21. The van der Waals surface area contributed by atoms with Gasteiger partial charge < -0.3 is 10.1 Å². The fraction of sp³-hybridized carbons (Fsp3) is 0.571. The summed E-state index contributed by atoms with van der Waals surface area (Å²) in [5.41, 5.74) is 0.727. The molecule has 1 fully saturated rings. The van der Waals surface area contributed by atoms with Gasteiger partial charge in [0.15, 0.2) is 0 Å². The van der Waals surface area contributed by atoms with E-state index in [4.69, 9.17) is 4.74 Å². The molecule has 0 radical (unpaired) electrons. The summed E-state index contributed by atoms with van der Waals surface area (Å²) in [7, 11) is 0. The average Bonchev–Trinajstić information content (AvgIpc) is 2.84. The summed E-state index contributed by atoms with van der Waals surface area (Å²) < 4.78 is 32.5. The zero-order valence-corrected chi connectivity index (χ0v) is 10.8. The van der Waals surface area contributed by atoms with E-state index in [2.05, 4.69) is 5.32 Å². The fourth-order valence-corrected chi connectivity index (χ4v) is 2.19. The molecule has 1 aromatic rings. The van der Waals surface area contributed by atoms with E-state index in [1.807, 2.05) is 6.92 Å². The minimum Gasteiger partial charge on any atom is -0.381 e. The van der Waals surface area contributed by atoms with Gasteiger partial charge in [-0.25, -0.2) is 8.78 Å². The van der Waals surface area contributed by atoms with Crippen molar-refractivity contribution in [3.63, 3.8) is 0 Å². The third-order valence-corrected chi connectivity index (χ3v) is 3.48. The van der Waals surface area contributed by atoms with E-state index >= 15 is 0 Å². The number of hydrogen-bond acceptors (Lipinski definition) is 2. The van der Waals surface area contributed by atoms with Crippen LogP contribution in [0.1, 0.15) is 30.5 Å². The first kappa shape index (κ1) is 13.4. The van der Waals surface area contributed by atoms with Gasteiger partial charge in [0, 0.05) is 24.8 Å². The van der Waals surface area contributed by atoms with E-state index in [9.17, 15) is 8.78 Å². The highest BCUT2D eigenvalue weighted by Gasteiger charge is 2.18. The molecule has 1 aromatic carbocycles. The van der Waals surface area contributed by atoms with Gasteiger partial charge in [0.05, 0.1) is 6.61 Å². The highest BCUT2D eigenvalue weighted by atomic mass is 19.1. The van der Waals surface area contributed by atoms with Gasteiger partial charge >= 0.3 is 0 Å². The van der Waals surface area contributed by atoms with E-state index in [1.54, 1.807) is 6.92 Å². The Kier molecular flexibility index (Phi) is 4.30. The topological polar surface area (TPSA) is 21.3 Å². The Labute approximate surface area is 106 Å². The Balaban J connectivity index is 1.99. The second-order valence-corrected chi connectivity index (χ2v) is 4.98. The van der Waals surface area contributed by atoms with E-state index in [0.717, 1.165) is 26.2 Å². The molecule has 0 bridgehead atoms. The number of ether oxygens (including phenoxy) is 1. The first-order valence-electron chi connectivity index (χ1n) is 6.34. The molecule has 100 valence electrons. The first-order valence-corrected chi connectivity index (χ1v) is 6.34. The summed E-state index contributed by atoms with van der Waals surface area (Å²) >= 11 is 0. The molecule has 2 nitrogen and oxygen atoms in total. The molecule has 2 rings (SSSR count). The third-order valence-electron chi connectivity index (χ3n) is 3.48. The SMILES string of the molecule is Cc1cc(F)c(C(C)NCC2CCOC2)cc1F. The minimum absolute atomic E-state index is 0.194. The van der Waals surface area contributed by atoms with Crippen molar-refractivity contribution in [3.05, 3.63) is 34.9 Å². The van der Waals surface area contributed by atoms with E-state index < -0.39 is 0 Å². The molecule has 0 saturated carbocycles. The number of hydrogen-bond donors (Lipinski definition) is 1. The third kappa shape index (κ3) is 3.06. The van der Waals surface area contributed by atoms with Crippen LogP contribution in [0.3, 0.4) is 0 Å². The fourth-order valence-electron chi connectivity index (χ4n) is 2.19. The van der Waals surface area contributed by atoms with Crippen molar-refractivity contribution in [2.45, 2.75) is 26.3 Å². The second-order valence-electron chi connectivity index (χ2n) is 4.98. The van der Waals surface area contributed by atoms with Crippen LogP contribution in [0.4, 0.5) is 8.78 Å². The summed E-state index contributed by atoms with van der Waals surface area (Å²) in [6.07, 6.45) is 1.03. The first-order chi connectivity index (χ1) is 8.58. The number of rotatable bonds is 4. The molecule has 0 amide bonds. The molecule has 2 atom stereocenters. The van der Waals surface area contributed by atoms with Crippen molar-refractivity contribution in [3.8, 4) is 0 Å². The molecule has 0 aromatic heterocycles. The van der Waals surface area contributed by atoms with Gasteiger partial charge in [-0.15, -0.1) is 0 Å². The smallest absolute Gasteiger partial charge is 0.128 e. The molecule has 1 N–H and O–H groups in total. The van der Waals surface area contributed by atoms with Gasteiger partial charge in [-0.05, 0) is 43.9 Å². The van der Waals surface area contributed by atoms with E-state index in [1.165, 1.54) is 12.1 Å². The Morgan fingerprint density at radius 2 is 2.17 bits per heavy atom. The molecule has 1 aliphatic heterocycles. The monoisotopic (exact) mass is 255 g/mol. The van der Waals surface area contributed by atoms with Crippen molar-refractivity contribution in [2.75, 3.05) is 19.8 Å². The predicted octanol–water partition coefficient (Wildman–Crippen LogP) is 2.96. The van der Waals surface area contributed by atoms with E-state index in [-0.39, 0.29) is 17.7 Å². The van der Waals surface area contributed by atoms with Crippen LogP contribution in [0.2, 0.25) is 0 Å². The highest BCUT2D eigenvalue weighted by molar-refractivity contribution is 5.27. The molecule has 0 spiro atoms. The van der Waals surface area contributed by atoms with Crippen molar-refractivity contribution in [1.82, 2.24) is 5.32 Å². The maximum Gasteiger partial charge on any atom is 0.128 e. The molecule has 18 heavy (non-hydrogen) atoms. The molecule has 0 aliphatic carbocycles. The predicted molar refractivity (Wildman–Crippen MR) is 66.4 cm³/mol. The lowest BCUT2D eigenvalue weighted by Crippen LogP contribution is -2.26. The zero-order chi connectivity index (χ0) is 13.1. The van der Waals surface area contributed by atoms with Gasteiger partial charge in [0.2, 0.25) is 0 Å². The summed E-state index contributed by atoms with van der Waals surface area (Å²) in [4.78, 5) is 0. The number of halogens is 2. The summed E-state index contributed by atoms with van der Waals surface area (Å²) in [5, 5.41) is 3.24. The van der Waals surface area contributed by atoms with Crippen LogP contribution < -0.4 is 5.32 Å². The van der Waals surface area contributed by atoms with Crippen LogP contribution in [0.25, 0.3) is 0 Å². The maximum atomic E-state index is 13.8. The van der Waals surface area contributed by atoms with Gasteiger partial charge in [0.25, 0.3) is 0 Å². The molecule has 4 heteroatoms. The van der Waals surface area contributed by atoms with Crippen LogP contribution in [-0.2, 0) is 4.74 Å². The zero-order valence-electron chi connectivity index (χ0n) is 10.8. The van der Waals surface area contributed by atoms with Crippen molar-refractivity contribution >= 4 is 0 Å². The molecule has 1 heterocycles. The molecule has 1 saturated heterocycles. The van der Waals surface area contributed by atoms with Gasteiger partial charge in [0.1, 0.15) is 11.6 Å². The van der Waals surface area contributed by atoms with Crippen molar-refractivity contribution in [1.29, 1.82) is 0 Å². The van der Waals surface area contributed by atoms with Crippen LogP contribution >= 0.6 is 0 Å². The van der Waals surface area contributed by atoms with Crippen LogP contribution in [0.5, 0.6) is 0 Å². The lowest BCUT2D eigenvalue weighted by atomic mass is 10.0. The average molecular weight is 255 g/mol. The van der Waals surface area contributed by atoms with E-state index in [0.29, 0.717) is 17.0 Å². The van der Waals surface area contributed by atoms with Gasteiger partial charge in [-0.1, -0.05) is 0 Å². The van der Waals surface area contributed by atoms with Crippen LogP contribution in [-0.4, -0.2) is 19.8 Å². The summed E-state index contributed by atoms with van der Waals surface area (Å²) in [6, 6.07) is 2.34. The normalized spacial score (nSPS) is 21.2. The summed E-state index contributed by atoms with van der Waals surface area (Å²) in [6.45, 7) is 5.74. The standard InChI is InChI=1S/C14H19F2NO/c1-9-5-14(16)12(6-13(9)15)10(2)17-7-11-3-4-18-8-11/h5-6,10-11,17H,3-4,7-8H2,1-2H3. The lowest BCUT2D eigenvalue weighted by molar-refractivity contribution is 0.184. The molecular formula is C14H19F2NO. The number of benzene rings is 1. The lowest BCUT2D eigenvalue weighted by Gasteiger charge is -2.18. The maximum absolute atomic E-state index is 13.8. The van der Waals surface area contributed by atoms with Crippen molar-refractivity contribution < 1.29 is 13.5 Å². The van der Waals surface area contributed by atoms with Gasteiger partial charge in [-0.3, -0.25) is 0 Å². The second kappa shape index (κ2) is 5.76. The van der Waals surface area contributed by atoms with Crippen LogP contribution in [0.15, 0.2) is 12.1 Å². The Bertz CT molecular complexity index is 417. The van der Waals surface area contributed by atoms with Crippen LogP contribution in [0, 0.1) is 24.5 Å². The van der Waals surface area contributed by atoms with Gasteiger partial charge in [-0.2, -0.15) is 0 Å². The van der Waals surface area contributed by atoms with Crippen molar-refractivity contribution in [2.24, 2.45) is 5.92 Å². The minimum atomic E-state index is -0.357. The Morgan fingerprint density at radius 1 is 1.39 bits per heavy atom. The summed E-state index contributed by atoms with van der Waals surface area (Å²) in [5.74, 6) is -0.230. The number of nitrogens with one attached hydrogen (secondary N) is 1. The Hall–Kier alpha value is -1.00. The largest absolute Gasteiger partial charge is 0.381 e. The number of aryl methyl sites for hydroxylation is 1. The Morgan fingerprint density at radius 3 is 2.83 bits per heavy atom. The molecular weight excluding hydrogens is 236 g/mol.